The number of hydrogen-bond acceptors (Lipinski definition) is 7. The molecule has 4 rings (SSSR count). The summed E-state index contributed by atoms with van der Waals surface area (Å²) in [5, 5.41) is 10.6. The number of hydrogen-bond donors (Lipinski definition) is 2. The molecule has 0 aliphatic heterocycles. The van der Waals surface area contributed by atoms with Gasteiger partial charge in [-0.2, -0.15) is 5.10 Å². The van der Waals surface area contributed by atoms with E-state index in [1.165, 1.54) is 22.8 Å². The molecule has 0 atom stereocenters. The third kappa shape index (κ3) is 4.95. The van der Waals surface area contributed by atoms with Crippen molar-refractivity contribution >= 4 is 29.3 Å². The van der Waals surface area contributed by atoms with Crippen LogP contribution in [0, 0.1) is 0 Å². The molecular formula is C20H20N6O3S. The van der Waals surface area contributed by atoms with Crippen molar-refractivity contribution in [1.82, 2.24) is 25.1 Å². The summed E-state index contributed by atoms with van der Waals surface area (Å²) < 4.78 is 6.75. The van der Waals surface area contributed by atoms with Gasteiger partial charge in [-0.25, -0.2) is 14.6 Å². The maximum atomic E-state index is 12.3. The Kier molecular flexibility index (Phi) is 5.94. The fourth-order valence-corrected chi connectivity index (χ4v) is 3.33. The summed E-state index contributed by atoms with van der Waals surface area (Å²) in [5.41, 5.74) is 0.952. The van der Waals surface area contributed by atoms with Crippen LogP contribution in [0.15, 0.2) is 53.9 Å². The normalized spacial score (nSPS) is 13.0. The van der Waals surface area contributed by atoms with E-state index in [0.717, 1.165) is 12.8 Å². The Morgan fingerprint density at radius 2 is 2.07 bits per heavy atom. The van der Waals surface area contributed by atoms with Gasteiger partial charge in [0.2, 0.25) is 5.91 Å². The number of thioether (sulfide) groups is 1. The number of ether oxygens (including phenoxy) is 1. The van der Waals surface area contributed by atoms with Gasteiger partial charge in [0.25, 0.3) is 5.91 Å². The van der Waals surface area contributed by atoms with Crippen molar-refractivity contribution in [3.63, 3.8) is 0 Å². The molecule has 154 valence electrons. The molecule has 0 saturated heterocycles. The number of carbonyl (C=O) groups is 2. The highest BCUT2D eigenvalue weighted by atomic mass is 32.2. The third-order valence-corrected chi connectivity index (χ3v) is 5.25. The molecule has 0 radical (unpaired) electrons. The number of carbonyl (C=O) groups excluding carboxylic acids is 2. The third-order valence-electron chi connectivity index (χ3n) is 4.33. The van der Waals surface area contributed by atoms with E-state index in [9.17, 15) is 9.59 Å². The lowest BCUT2D eigenvalue weighted by molar-refractivity contribution is -0.113. The molecule has 30 heavy (non-hydrogen) atoms. The van der Waals surface area contributed by atoms with Crippen molar-refractivity contribution in [2.75, 3.05) is 18.2 Å². The Balaban J connectivity index is 1.37. The molecule has 9 nitrogen and oxygen atoms in total. The van der Waals surface area contributed by atoms with Crippen LogP contribution in [0.3, 0.4) is 0 Å². The minimum absolute atomic E-state index is 0.169. The van der Waals surface area contributed by atoms with Crippen molar-refractivity contribution in [3.05, 3.63) is 54.6 Å². The molecular weight excluding hydrogens is 404 g/mol. The van der Waals surface area contributed by atoms with Crippen molar-refractivity contribution in [3.8, 4) is 11.6 Å². The second kappa shape index (κ2) is 8.95. The number of amides is 2. The maximum absolute atomic E-state index is 12.3. The maximum Gasteiger partial charge on any atom is 0.272 e. The first-order valence-corrected chi connectivity index (χ1v) is 10.4. The van der Waals surface area contributed by atoms with E-state index in [4.69, 9.17) is 4.74 Å². The Hall–Kier alpha value is -3.40. The molecule has 2 amide bonds. The number of rotatable bonds is 8. The standard InChI is InChI=1S/C20H20N6O3S/c1-29-16-5-3-2-4-14(16)24-18(27)11-30-19-10-17(21-12-22-19)26-9-8-15(25-26)20(28)23-13-6-7-13/h2-5,8-10,12-13H,6-7,11H2,1H3,(H,23,28)(H,24,27). The van der Waals surface area contributed by atoms with Crippen LogP contribution in [0.1, 0.15) is 23.3 Å². The second-order valence-electron chi connectivity index (χ2n) is 6.64. The number of para-hydroxylation sites is 2. The Morgan fingerprint density at radius 3 is 2.87 bits per heavy atom. The lowest BCUT2D eigenvalue weighted by Crippen LogP contribution is -2.25. The average molecular weight is 424 g/mol. The topological polar surface area (TPSA) is 111 Å². The van der Waals surface area contributed by atoms with Gasteiger partial charge >= 0.3 is 0 Å². The Bertz CT molecular complexity index is 1070. The molecule has 1 saturated carbocycles. The summed E-state index contributed by atoms with van der Waals surface area (Å²) in [6.07, 6.45) is 5.11. The smallest absolute Gasteiger partial charge is 0.272 e. The summed E-state index contributed by atoms with van der Waals surface area (Å²) in [5.74, 6) is 0.919. The molecule has 0 spiro atoms. The van der Waals surface area contributed by atoms with E-state index in [1.54, 1.807) is 37.6 Å². The summed E-state index contributed by atoms with van der Waals surface area (Å²) in [4.78, 5) is 32.8. The van der Waals surface area contributed by atoms with E-state index in [-0.39, 0.29) is 23.6 Å². The zero-order chi connectivity index (χ0) is 20.9. The molecule has 1 aliphatic rings. The number of nitrogens with one attached hydrogen (secondary N) is 2. The quantitative estimate of drug-likeness (QED) is 0.422. The van der Waals surface area contributed by atoms with Crippen LogP contribution in [0.4, 0.5) is 5.69 Å². The SMILES string of the molecule is COc1ccccc1NC(=O)CSc1cc(-n2ccc(C(=O)NC3CC3)n2)ncn1. The molecule has 1 aliphatic carbocycles. The number of anilines is 1. The lowest BCUT2D eigenvalue weighted by atomic mass is 10.3. The highest BCUT2D eigenvalue weighted by molar-refractivity contribution is 7.99. The van der Waals surface area contributed by atoms with Gasteiger partial charge in [0.15, 0.2) is 11.5 Å². The predicted octanol–water partition coefficient (Wildman–Crippen LogP) is 2.29. The minimum atomic E-state index is -0.187. The van der Waals surface area contributed by atoms with Crippen molar-refractivity contribution in [1.29, 1.82) is 0 Å². The molecule has 0 unspecified atom stereocenters. The van der Waals surface area contributed by atoms with Gasteiger partial charge in [-0.15, -0.1) is 0 Å². The molecule has 1 aromatic carbocycles. The molecule has 1 fully saturated rings. The van der Waals surface area contributed by atoms with Crippen LogP contribution in [0.2, 0.25) is 0 Å². The molecule has 2 aromatic heterocycles. The zero-order valence-electron chi connectivity index (χ0n) is 16.2. The predicted molar refractivity (Wildman–Crippen MR) is 112 cm³/mol. The number of aromatic nitrogens is 4. The summed E-state index contributed by atoms with van der Waals surface area (Å²) in [7, 11) is 1.55. The largest absolute Gasteiger partial charge is 0.495 e. The fourth-order valence-electron chi connectivity index (χ4n) is 2.67. The minimum Gasteiger partial charge on any atom is -0.495 e. The van der Waals surface area contributed by atoms with E-state index in [0.29, 0.717) is 28.0 Å². The van der Waals surface area contributed by atoms with Crippen molar-refractivity contribution in [2.45, 2.75) is 23.9 Å². The van der Waals surface area contributed by atoms with Crippen LogP contribution in [0.25, 0.3) is 5.82 Å². The number of nitrogens with zero attached hydrogens (tertiary/aromatic N) is 4. The first-order chi connectivity index (χ1) is 14.6. The van der Waals surface area contributed by atoms with Gasteiger partial charge in [-0.05, 0) is 31.0 Å². The zero-order valence-corrected chi connectivity index (χ0v) is 17.1. The summed E-state index contributed by atoms with van der Waals surface area (Å²) >= 11 is 1.28. The first kappa shape index (κ1) is 19.9. The highest BCUT2D eigenvalue weighted by Gasteiger charge is 2.24. The van der Waals surface area contributed by atoms with Crippen molar-refractivity contribution < 1.29 is 14.3 Å². The highest BCUT2D eigenvalue weighted by Crippen LogP contribution is 2.24. The van der Waals surface area contributed by atoms with E-state index in [2.05, 4.69) is 25.7 Å². The van der Waals surface area contributed by atoms with Crippen LogP contribution >= 0.6 is 11.8 Å². The van der Waals surface area contributed by atoms with Crippen molar-refractivity contribution in [2.24, 2.45) is 0 Å². The van der Waals surface area contributed by atoms with Gasteiger partial charge in [0, 0.05) is 18.3 Å². The lowest BCUT2D eigenvalue weighted by Gasteiger charge is -2.09. The molecule has 0 bridgehead atoms. The Morgan fingerprint density at radius 1 is 1.23 bits per heavy atom. The van der Waals surface area contributed by atoms with Gasteiger partial charge in [-0.3, -0.25) is 9.59 Å². The van der Waals surface area contributed by atoms with E-state index >= 15 is 0 Å². The fraction of sp³-hybridized carbons (Fsp3) is 0.250. The monoisotopic (exact) mass is 424 g/mol. The van der Waals surface area contributed by atoms with Gasteiger partial charge in [0.1, 0.15) is 17.1 Å². The second-order valence-corrected chi connectivity index (χ2v) is 7.64. The van der Waals surface area contributed by atoms with Gasteiger partial charge < -0.3 is 15.4 Å². The summed E-state index contributed by atoms with van der Waals surface area (Å²) in [6, 6.07) is 10.9. The molecule has 10 heteroatoms. The summed E-state index contributed by atoms with van der Waals surface area (Å²) in [6.45, 7) is 0. The first-order valence-electron chi connectivity index (χ1n) is 9.37. The van der Waals surface area contributed by atoms with E-state index < -0.39 is 0 Å². The van der Waals surface area contributed by atoms with E-state index in [1.807, 2.05) is 12.1 Å². The van der Waals surface area contributed by atoms with Crippen LogP contribution in [-0.4, -0.2) is 50.5 Å². The Labute approximate surface area is 177 Å². The van der Waals surface area contributed by atoms with Crippen LogP contribution < -0.4 is 15.4 Å². The van der Waals surface area contributed by atoms with Gasteiger partial charge in [0.05, 0.1) is 18.6 Å². The van der Waals surface area contributed by atoms with Crippen LogP contribution in [0.5, 0.6) is 5.75 Å². The van der Waals surface area contributed by atoms with Crippen LogP contribution in [-0.2, 0) is 4.79 Å². The molecule has 2 N–H and O–H groups in total. The number of benzene rings is 1. The average Bonchev–Trinajstić information content (AvgIpc) is 3.44. The number of methoxy groups -OCH3 is 1. The van der Waals surface area contributed by atoms with Gasteiger partial charge in [-0.1, -0.05) is 23.9 Å². The molecule has 2 heterocycles. The molecule has 3 aromatic rings.